The van der Waals surface area contributed by atoms with Gasteiger partial charge in [-0.2, -0.15) is 0 Å². The maximum Gasteiger partial charge on any atom is 0.263 e. The van der Waals surface area contributed by atoms with E-state index in [4.69, 9.17) is 0 Å². The highest BCUT2D eigenvalue weighted by molar-refractivity contribution is 7.13. The van der Waals surface area contributed by atoms with E-state index in [2.05, 4.69) is 31.1 Å². The average molecular weight is 270 g/mol. The van der Waals surface area contributed by atoms with Crippen molar-refractivity contribution in [1.29, 1.82) is 0 Å². The summed E-state index contributed by atoms with van der Waals surface area (Å²) < 4.78 is 0. The van der Waals surface area contributed by atoms with Gasteiger partial charge in [-0.3, -0.25) is 4.79 Å². The van der Waals surface area contributed by atoms with Crippen molar-refractivity contribution in [2.45, 2.75) is 46.1 Å². The van der Waals surface area contributed by atoms with Gasteiger partial charge in [0.05, 0.1) is 17.3 Å². The van der Waals surface area contributed by atoms with Crippen LogP contribution in [-0.2, 0) is 5.41 Å². The maximum absolute atomic E-state index is 11.9. The zero-order valence-corrected chi connectivity index (χ0v) is 12.5. The van der Waals surface area contributed by atoms with E-state index in [0.717, 1.165) is 5.01 Å². The molecule has 0 saturated heterocycles. The predicted octanol–water partition coefficient (Wildman–Crippen LogP) is 2.19. The van der Waals surface area contributed by atoms with Crippen molar-refractivity contribution in [3.8, 4) is 0 Å². The maximum atomic E-state index is 11.9. The second kappa shape index (κ2) is 5.80. The van der Waals surface area contributed by atoms with Crippen LogP contribution in [0.2, 0.25) is 0 Å². The summed E-state index contributed by atoms with van der Waals surface area (Å²) in [6.07, 6.45) is 1.09. The molecule has 1 aromatic heterocycles. The Hall–Kier alpha value is -0.940. The van der Waals surface area contributed by atoms with Gasteiger partial charge in [0.25, 0.3) is 5.91 Å². The molecule has 0 aliphatic heterocycles. The number of aliphatic hydroxyl groups excluding tert-OH is 1. The summed E-state index contributed by atoms with van der Waals surface area (Å²) in [4.78, 5) is 16.7. The number of aromatic nitrogens is 1. The van der Waals surface area contributed by atoms with Crippen LogP contribution in [0.15, 0.2) is 6.20 Å². The van der Waals surface area contributed by atoms with Gasteiger partial charge in [-0.15, -0.1) is 11.3 Å². The minimum absolute atomic E-state index is 0.0410. The second-order valence-corrected chi connectivity index (χ2v) is 6.83. The Morgan fingerprint density at radius 3 is 2.56 bits per heavy atom. The third kappa shape index (κ3) is 4.07. The number of hydrogen-bond donors (Lipinski definition) is 2. The van der Waals surface area contributed by atoms with E-state index in [1.807, 2.05) is 13.8 Å². The van der Waals surface area contributed by atoms with Gasteiger partial charge in [0.2, 0.25) is 0 Å². The normalized spacial score (nSPS) is 13.7. The van der Waals surface area contributed by atoms with Crippen molar-refractivity contribution in [3.05, 3.63) is 16.1 Å². The van der Waals surface area contributed by atoms with E-state index in [0.29, 0.717) is 4.88 Å². The topological polar surface area (TPSA) is 62.2 Å². The van der Waals surface area contributed by atoms with Crippen molar-refractivity contribution >= 4 is 17.2 Å². The lowest BCUT2D eigenvalue weighted by Crippen LogP contribution is -2.34. The van der Waals surface area contributed by atoms with E-state index in [1.165, 1.54) is 11.3 Å². The molecule has 0 fully saturated rings. The lowest BCUT2D eigenvalue weighted by Gasteiger charge is -2.14. The number of aliphatic hydroxyl groups is 1. The van der Waals surface area contributed by atoms with Crippen LogP contribution in [0.5, 0.6) is 0 Å². The summed E-state index contributed by atoms with van der Waals surface area (Å²) in [5.41, 5.74) is -0.0410. The fraction of sp³-hybridized carbons (Fsp3) is 0.692. The molecule has 1 amide bonds. The fourth-order valence-corrected chi connectivity index (χ4v) is 2.14. The molecule has 4 nitrogen and oxygen atoms in total. The largest absolute Gasteiger partial charge is 0.391 e. The Morgan fingerprint density at radius 1 is 1.50 bits per heavy atom. The molecule has 0 radical (unpaired) electrons. The third-order valence-corrected chi connectivity index (χ3v) is 4.03. The Bertz CT molecular complexity index is 407. The highest BCUT2D eigenvalue weighted by Gasteiger charge is 2.20. The first-order chi connectivity index (χ1) is 8.21. The molecule has 1 aromatic rings. The molecule has 18 heavy (non-hydrogen) atoms. The quantitative estimate of drug-likeness (QED) is 0.881. The number of hydrogen-bond acceptors (Lipinski definition) is 4. The number of nitrogens with one attached hydrogen (secondary N) is 1. The van der Waals surface area contributed by atoms with Crippen LogP contribution in [0.25, 0.3) is 0 Å². The first-order valence-electron chi connectivity index (χ1n) is 6.14. The van der Waals surface area contributed by atoms with Crippen molar-refractivity contribution in [1.82, 2.24) is 10.3 Å². The van der Waals surface area contributed by atoms with Crippen LogP contribution in [0.1, 0.15) is 49.3 Å². The molecule has 0 saturated carbocycles. The molecule has 0 spiro atoms. The average Bonchev–Trinajstić information content (AvgIpc) is 2.73. The van der Waals surface area contributed by atoms with Crippen LogP contribution < -0.4 is 5.32 Å². The third-order valence-electron chi connectivity index (χ3n) is 2.61. The molecule has 0 bridgehead atoms. The van der Waals surface area contributed by atoms with Crippen molar-refractivity contribution < 1.29 is 9.90 Å². The summed E-state index contributed by atoms with van der Waals surface area (Å²) in [7, 11) is 0. The molecular formula is C13H22N2O2S. The molecule has 1 rings (SSSR count). The SMILES string of the molecule is CC(C)C(O)CNC(=O)c1cnc(C(C)(C)C)s1. The van der Waals surface area contributed by atoms with Crippen LogP contribution in [0.3, 0.4) is 0 Å². The fourth-order valence-electron chi connectivity index (χ4n) is 1.25. The molecule has 1 unspecified atom stereocenters. The van der Waals surface area contributed by atoms with E-state index >= 15 is 0 Å². The minimum atomic E-state index is -0.510. The Labute approximate surface area is 112 Å². The van der Waals surface area contributed by atoms with Crippen molar-refractivity contribution in [2.75, 3.05) is 6.54 Å². The standard InChI is InChI=1S/C13H22N2O2S/c1-8(2)9(16)6-14-11(17)10-7-15-12(18-10)13(3,4)5/h7-9,16H,6H2,1-5H3,(H,14,17). The van der Waals surface area contributed by atoms with Gasteiger partial charge in [0, 0.05) is 12.0 Å². The molecule has 5 heteroatoms. The predicted molar refractivity (Wildman–Crippen MR) is 74.0 cm³/mol. The van der Waals surface area contributed by atoms with E-state index in [9.17, 15) is 9.90 Å². The number of nitrogens with zero attached hydrogens (tertiary/aromatic N) is 1. The molecule has 0 aliphatic rings. The summed E-state index contributed by atoms with van der Waals surface area (Å²) in [6.45, 7) is 10.3. The minimum Gasteiger partial charge on any atom is -0.391 e. The first-order valence-corrected chi connectivity index (χ1v) is 6.96. The summed E-state index contributed by atoms with van der Waals surface area (Å²) in [5.74, 6) is -0.0282. The number of carbonyl (C=O) groups is 1. The van der Waals surface area contributed by atoms with Crippen LogP contribution in [0, 0.1) is 5.92 Å². The van der Waals surface area contributed by atoms with Crippen LogP contribution >= 0.6 is 11.3 Å². The number of amides is 1. The van der Waals surface area contributed by atoms with Gasteiger partial charge < -0.3 is 10.4 Å². The van der Waals surface area contributed by atoms with Crippen molar-refractivity contribution in [3.63, 3.8) is 0 Å². The van der Waals surface area contributed by atoms with Gasteiger partial charge in [0.15, 0.2) is 0 Å². The Balaban J connectivity index is 2.60. The lowest BCUT2D eigenvalue weighted by atomic mass is 9.98. The molecule has 0 aliphatic carbocycles. The number of thiazole rings is 1. The van der Waals surface area contributed by atoms with Crippen LogP contribution in [-0.4, -0.2) is 28.6 Å². The zero-order valence-electron chi connectivity index (χ0n) is 11.7. The molecular weight excluding hydrogens is 248 g/mol. The number of rotatable bonds is 4. The van der Waals surface area contributed by atoms with Gasteiger partial charge in [-0.25, -0.2) is 4.98 Å². The van der Waals surface area contributed by atoms with Gasteiger partial charge >= 0.3 is 0 Å². The smallest absolute Gasteiger partial charge is 0.263 e. The highest BCUT2D eigenvalue weighted by atomic mass is 32.1. The lowest BCUT2D eigenvalue weighted by molar-refractivity contribution is 0.0875. The Morgan fingerprint density at radius 2 is 2.11 bits per heavy atom. The molecule has 1 heterocycles. The van der Waals surface area contributed by atoms with E-state index < -0.39 is 6.10 Å². The number of carbonyl (C=O) groups excluding carboxylic acids is 1. The summed E-state index contributed by atoms with van der Waals surface area (Å²) in [5, 5.41) is 13.3. The van der Waals surface area contributed by atoms with E-state index in [1.54, 1.807) is 6.20 Å². The summed E-state index contributed by atoms with van der Waals surface area (Å²) >= 11 is 1.40. The molecule has 102 valence electrons. The van der Waals surface area contributed by atoms with Gasteiger partial charge in [-0.05, 0) is 5.92 Å². The zero-order chi connectivity index (χ0) is 13.9. The highest BCUT2D eigenvalue weighted by Crippen LogP contribution is 2.26. The van der Waals surface area contributed by atoms with E-state index in [-0.39, 0.29) is 23.8 Å². The molecule has 0 aromatic carbocycles. The summed E-state index contributed by atoms with van der Waals surface area (Å²) in [6, 6.07) is 0. The molecule has 2 N–H and O–H groups in total. The van der Waals surface area contributed by atoms with Crippen molar-refractivity contribution in [2.24, 2.45) is 5.92 Å². The van der Waals surface area contributed by atoms with Crippen LogP contribution in [0.4, 0.5) is 0 Å². The molecule has 1 atom stereocenters. The van der Waals surface area contributed by atoms with Gasteiger partial charge in [0.1, 0.15) is 4.88 Å². The Kier molecular flexibility index (Phi) is 4.87. The monoisotopic (exact) mass is 270 g/mol. The van der Waals surface area contributed by atoms with Gasteiger partial charge in [-0.1, -0.05) is 34.6 Å². The second-order valence-electron chi connectivity index (χ2n) is 5.80. The first kappa shape index (κ1) is 15.1.